The van der Waals surface area contributed by atoms with Crippen LogP contribution in [0.15, 0.2) is 24.3 Å². The fourth-order valence-electron chi connectivity index (χ4n) is 0.856. The molecule has 0 saturated heterocycles. The summed E-state index contributed by atoms with van der Waals surface area (Å²) < 4.78 is 59.2. The second kappa shape index (κ2) is 9.84. The van der Waals surface area contributed by atoms with E-state index in [-0.39, 0.29) is 16.5 Å². The summed E-state index contributed by atoms with van der Waals surface area (Å²) in [6.45, 7) is 5.36. The number of unbranched alkanes of at least 4 members (excludes halogenated alkanes) is 1. The Balaban J connectivity index is -0.000000224. The molecule has 0 aromatic rings. The number of rotatable bonds is 1. The third-order valence-electron chi connectivity index (χ3n) is 1.57. The Bertz CT molecular complexity index is 240. The largest absolute Gasteiger partial charge is 0.0620 e. The van der Waals surface area contributed by atoms with Crippen LogP contribution in [0, 0.1) is 19.8 Å². The fraction of sp³-hybridized carbons (Fsp3) is 0.417. The van der Waals surface area contributed by atoms with Gasteiger partial charge in [0.2, 0.25) is 0 Å². The second-order valence-electron chi connectivity index (χ2n) is 3.62. The normalized spacial score (nSPS) is 20.8. The molecule has 1 rings (SSSR count). The van der Waals surface area contributed by atoms with Gasteiger partial charge in [0.05, 0.1) is 0 Å². The molecule has 0 amide bonds. The summed E-state index contributed by atoms with van der Waals surface area (Å²) in [5.74, 6) is 0. The van der Waals surface area contributed by atoms with Gasteiger partial charge in [0.25, 0.3) is 0 Å². The zero-order chi connectivity index (χ0) is 15.5. The summed E-state index contributed by atoms with van der Waals surface area (Å²) in [6, 6.07) is 0. The van der Waals surface area contributed by atoms with Crippen LogP contribution < -0.4 is 0 Å². The van der Waals surface area contributed by atoms with Crippen molar-refractivity contribution in [3.63, 3.8) is 0 Å². The minimum Gasteiger partial charge on any atom is -0.0620 e. The molecule has 0 atom stereocenters. The molecule has 0 bridgehead atoms. The molecule has 20 heavy (non-hydrogen) atoms. The Labute approximate surface area is 126 Å². The van der Waals surface area contributed by atoms with E-state index in [1.165, 1.54) is 25.7 Å². The first-order chi connectivity index (χ1) is 8.36. The molecule has 0 spiro atoms. The molecule has 0 aliphatic heterocycles. The maximum Gasteiger partial charge on any atom is 0 e. The maximum absolute atomic E-state index is 10.7. The molecule has 0 unspecified atom stereocenters. The Morgan fingerprint density at radius 1 is 0.800 bits per heavy atom. The van der Waals surface area contributed by atoms with Crippen molar-refractivity contribution in [1.29, 1.82) is 0 Å². The second-order valence-corrected chi connectivity index (χ2v) is 5.54. The van der Waals surface area contributed by atoms with Crippen molar-refractivity contribution in [3.8, 4) is 0 Å². The molecule has 8 heteroatoms. The van der Waals surface area contributed by atoms with Crippen LogP contribution in [0.25, 0.3) is 0 Å². The van der Waals surface area contributed by atoms with E-state index < -0.39 is 7.81 Å². The van der Waals surface area contributed by atoms with Crippen LogP contribution in [0.5, 0.6) is 0 Å². The van der Waals surface area contributed by atoms with Crippen LogP contribution in [0.3, 0.4) is 0 Å². The molecule has 0 aromatic carbocycles. The predicted molar refractivity (Wildman–Crippen MR) is 69.9 cm³/mol. The van der Waals surface area contributed by atoms with Crippen molar-refractivity contribution >= 4 is 7.81 Å². The molecule has 0 fully saturated rings. The summed E-state index contributed by atoms with van der Waals surface area (Å²) in [5.41, 5.74) is 0. The number of halogens is 6. The average molecular weight is 367 g/mol. The topological polar surface area (TPSA) is 0 Å². The van der Waals surface area contributed by atoms with Crippen LogP contribution >= 0.6 is 7.81 Å². The first-order valence-corrected chi connectivity index (χ1v) is 7.66. The van der Waals surface area contributed by atoms with Gasteiger partial charge in [-0.15, -0.1) is 0 Å². The van der Waals surface area contributed by atoms with Crippen molar-refractivity contribution < 1.29 is 41.7 Å². The van der Waals surface area contributed by atoms with Gasteiger partial charge in [0.15, 0.2) is 0 Å². The summed E-state index contributed by atoms with van der Waals surface area (Å²) in [7, 11) is -10.7. The molecule has 0 nitrogen and oxygen atoms in total. The molecule has 1 aliphatic rings. The minimum atomic E-state index is -10.7. The summed E-state index contributed by atoms with van der Waals surface area (Å²) in [5, 5.41) is 0. The Morgan fingerprint density at radius 2 is 0.950 bits per heavy atom. The molecule has 1 aliphatic carbocycles. The smallest absolute Gasteiger partial charge is 0 e. The van der Waals surface area contributed by atoms with E-state index >= 15 is 0 Å². The van der Waals surface area contributed by atoms with Gasteiger partial charge in [0, 0.05) is 16.5 Å². The van der Waals surface area contributed by atoms with Crippen molar-refractivity contribution in [3.05, 3.63) is 44.1 Å². The summed E-state index contributed by atoms with van der Waals surface area (Å²) in [6.07, 6.45) is 17.6. The van der Waals surface area contributed by atoms with Crippen LogP contribution in [0.1, 0.15) is 32.6 Å². The SMILES string of the molecule is C1=C\CC/C=C\CC/1.F[P-](F)(F)(F)(F)F.[CH2][CH][CH]C.[Ni]. The van der Waals surface area contributed by atoms with Gasteiger partial charge in [-0.1, -0.05) is 31.2 Å². The molecular weight excluding hydrogens is 348 g/mol. The number of hydrogen-bond donors (Lipinski definition) is 0. The van der Waals surface area contributed by atoms with E-state index in [9.17, 15) is 25.2 Å². The van der Waals surface area contributed by atoms with Gasteiger partial charge < -0.3 is 0 Å². The Kier molecular flexibility index (Phi) is 12.3. The van der Waals surface area contributed by atoms with Crippen molar-refractivity contribution in [2.75, 3.05) is 0 Å². The molecule has 0 saturated carbocycles. The Hall–Kier alpha value is -0.0165. The minimum absolute atomic E-state index is 0. The number of hydrogen-bond acceptors (Lipinski definition) is 0. The van der Waals surface area contributed by atoms with Crippen LogP contribution in [0.2, 0.25) is 0 Å². The summed E-state index contributed by atoms with van der Waals surface area (Å²) >= 11 is 0. The molecule has 0 N–H and O–H groups in total. The van der Waals surface area contributed by atoms with Gasteiger partial charge in [-0.05, 0) is 45.4 Å². The van der Waals surface area contributed by atoms with E-state index in [0.29, 0.717) is 0 Å². The van der Waals surface area contributed by atoms with Gasteiger partial charge in [-0.25, -0.2) is 0 Å². The van der Waals surface area contributed by atoms with Crippen molar-refractivity contribution in [1.82, 2.24) is 0 Å². The third-order valence-corrected chi connectivity index (χ3v) is 1.57. The van der Waals surface area contributed by atoms with E-state index in [0.717, 1.165) is 0 Å². The fourth-order valence-corrected chi connectivity index (χ4v) is 0.856. The monoisotopic (exact) mass is 366 g/mol. The van der Waals surface area contributed by atoms with E-state index in [1.54, 1.807) is 6.42 Å². The van der Waals surface area contributed by atoms with Gasteiger partial charge >= 0.3 is 33.0 Å². The first kappa shape index (κ1) is 25.0. The predicted octanol–water partition coefficient (Wildman–Crippen LogP) is 7.30. The van der Waals surface area contributed by atoms with E-state index in [1.807, 2.05) is 13.3 Å². The van der Waals surface area contributed by atoms with Gasteiger partial charge in [0.1, 0.15) is 0 Å². The average Bonchev–Trinajstić information content (AvgIpc) is 2.12. The quantitative estimate of drug-likeness (QED) is 0.197. The van der Waals surface area contributed by atoms with E-state index in [4.69, 9.17) is 0 Å². The third kappa shape index (κ3) is 64.3. The number of allylic oxidation sites excluding steroid dienone is 4. The van der Waals surface area contributed by atoms with Crippen LogP contribution in [-0.2, 0) is 16.5 Å². The standard InChI is InChI=1S/C8H12.C4H7.F6P.Ni/c1-2-4-6-8-7-5-3-1;1-3-4-2;1-7(2,3,4,5)6;/h1-2,7-8H,3-6H2;3-4H,1H2,2H3;;/q;;-1;/b2-1-,8-7-;;;. The molecule has 3 radical (unpaired) electrons. The Morgan fingerprint density at radius 3 is 1.05 bits per heavy atom. The zero-order valence-corrected chi connectivity index (χ0v) is 12.9. The van der Waals surface area contributed by atoms with Crippen molar-refractivity contribution in [2.24, 2.45) is 0 Å². The van der Waals surface area contributed by atoms with Crippen LogP contribution in [0.4, 0.5) is 25.2 Å². The van der Waals surface area contributed by atoms with Gasteiger partial charge in [-0.2, -0.15) is 0 Å². The first-order valence-electron chi connectivity index (χ1n) is 5.63. The maximum atomic E-state index is 9.87. The molecule has 125 valence electrons. The van der Waals surface area contributed by atoms with Gasteiger partial charge in [-0.3, -0.25) is 0 Å². The van der Waals surface area contributed by atoms with Crippen molar-refractivity contribution in [2.45, 2.75) is 32.6 Å². The molecule has 0 heterocycles. The molecular formula is C12H19F6NiP-. The summed E-state index contributed by atoms with van der Waals surface area (Å²) in [4.78, 5) is 0. The van der Waals surface area contributed by atoms with Crippen LogP contribution in [-0.4, -0.2) is 0 Å². The molecule has 0 aromatic heterocycles. The zero-order valence-electron chi connectivity index (χ0n) is 11.0. The van der Waals surface area contributed by atoms with E-state index in [2.05, 4.69) is 31.2 Å².